The van der Waals surface area contributed by atoms with Crippen LogP contribution in [0.25, 0.3) is 0 Å². The lowest BCUT2D eigenvalue weighted by atomic mass is 9.78. The van der Waals surface area contributed by atoms with Crippen molar-refractivity contribution >= 4 is 11.8 Å². The molecule has 2 saturated heterocycles. The fraction of sp³-hybridized carbons (Fsp3) is 0.647. The third-order valence-electron chi connectivity index (χ3n) is 5.53. The number of carbonyl (C=O) groups is 2. The molecule has 1 unspecified atom stereocenters. The fourth-order valence-corrected chi connectivity index (χ4v) is 4.10. The Morgan fingerprint density at radius 3 is 2.86 bits per heavy atom. The molecular weight excluding hydrogens is 278 g/mol. The summed E-state index contributed by atoms with van der Waals surface area (Å²) in [6.45, 7) is 2.14. The lowest BCUT2D eigenvalue weighted by Gasteiger charge is -2.37. The zero-order valence-electron chi connectivity index (χ0n) is 13.1. The average Bonchev–Trinajstić information content (AvgIpc) is 3.09. The van der Waals surface area contributed by atoms with Gasteiger partial charge in [0, 0.05) is 38.9 Å². The van der Waals surface area contributed by atoms with Gasteiger partial charge in [-0.2, -0.15) is 0 Å². The highest BCUT2D eigenvalue weighted by molar-refractivity contribution is 5.94. The molecule has 2 aliphatic heterocycles. The van der Waals surface area contributed by atoms with Crippen LogP contribution in [-0.4, -0.2) is 52.9 Å². The quantitative estimate of drug-likeness (QED) is 0.837. The number of aromatic nitrogens is 1. The Kier molecular flexibility index (Phi) is 3.06. The largest absolute Gasteiger partial charge is 0.345 e. The van der Waals surface area contributed by atoms with E-state index in [1.165, 1.54) is 12.8 Å². The molecule has 1 spiro atoms. The summed E-state index contributed by atoms with van der Waals surface area (Å²) < 4.78 is 2.11. The summed E-state index contributed by atoms with van der Waals surface area (Å²) >= 11 is 0. The van der Waals surface area contributed by atoms with E-state index in [2.05, 4.69) is 4.57 Å². The van der Waals surface area contributed by atoms with E-state index in [4.69, 9.17) is 0 Å². The summed E-state index contributed by atoms with van der Waals surface area (Å²) in [4.78, 5) is 29.2. The minimum Gasteiger partial charge on any atom is -0.345 e. The summed E-state index contributed by atoms with van der Waals surface area (Å²) in [5, 5.41) is 0. The highest BCUT2D eigenvalue weighted by Crippen LogP contribution is 2.41. The zero-order valence-corrected chi connectivity index (χ0v) is 13.1. The first-order chi connectivity index (χ1) is 10.6. The van der Waals surface area contributed by atoms with E-state index >= 15 is 0 Å². The summed E-state index contributed by atoms with van der Waals surface area (Å²) in [7, 11) is 1.88. The van der Waals surface area contributed by atoms with E-state index < -0.39 is 0 Å². The summed E-state index contributed by atoms with van der Waals surface area (Å²) in [6.07, 6.45) is 7.12. The minimum absolute atomic E-state index is 0.0924. The first-order valence-electron chi connectivity index (χ1n) is 8.32. The first-order valence-corrected chi connectivity index (χ1v) is 8.32. The van der Waals surface area contributed by atoms with Crippen LogP contribution in [0.2, 0.25) is 0 Å². The van der Waals surface area contributed by atoms with Gasteiger partial charge in [0.1, 0.15) is 5.69 Å². The van der Waals surface area contributed by atoms with Crippen molar-refractivity contribution in [2.45, 2.75) is 38.1 Å². The maximum Gasteiger partial charge on any atom is 0.270 e. The number of hydrogen-bond acceptors (Lipinski definition) is 2. The first kappa shape index (κ1) is 13.9. The molecule has 0 aromatic carbocycles. The summed E-state index contributed by atoms with van der Waals surface area (Å²) in [6, 6.07) is 4.38. The smallest absolute Gasteiger partial charge is 0.270 e. The standard InChI is InChI=1S/C17H23N3O2/c1-18-9-3-7-17(16(18)22)8-11-19(12-17)15(21)14-4-2-10-20(14)13-5-6-13/h2,4,10,13H,3,5-9,11-12H2,1H3. The molecule has 5 nitrogen and oxygen atoms in total. The second kappa shape index (κ2) is 4.86. The maximum atomic E-state index is 12.9. The molecule has 1 saturated carbocycles. The average molecular weight is 301 g/mol. The number of likely N-dealkylation sites (tertiary alicyclic amines) is 2. The van der Waals surface area contributed by atoms with Crippen LogP contribution >= 0.6 is 0 Å². The Labute approximate surface area is 130 Å². The molecule has 2 amide bonds. The van der Waals surface area contributed by atoms with Crippen molar-refractivity contribution in [3.63, 3.8) is 0 Å². The van der Waals surface area contributed by atoms with E-state index in [0.717, 1.165) is 31.5 Å². The topological polar surface area (TPSA) is 45.5 Å². The number of amides is 2. The van der Waals surface area contributed by atoms with Crippen LogP contribution < -0.4 is 0 Å². The fourth-order valence-electron chi connectivity index (χ4n) is 4.10. The zero-order chi connectivity index (χ0) is 15.3. The Bertz CT molecular complexity index is 619. The second-order valence-electron chi connectivity index (χ2n) is 7.12. The van der Waals surface area contributed by atoms with E-state index in [1.807, 2.05) is 35.2 Å². The molecule has 3 heterocycles. The number of piperidine rings is 1. The molecule has 1 aromatic heterocycles. The predicted octanol–water partition coefficient (Wildman–Crippen LogP) is 1.91. The Morgan fingerprint density at radius 2 is 2.09 bits per heavy atom. The molecule has 0 bridgehead atoms. The van der Waals surface area contributed by atoms with Crippen LogP contribution in [0.1, 0.15) is 48.6 Å². The Hall–Kier alpha value is -1.78. The third kappa shape index (κ3) is 2.06. The van der Waals surface area contributed by atoms with Gasteiger partial charge in [-0.3, -0.25) is 9.59 Å². The monoisotopic (exact) mass is 301 g/mol. The maximum absolute atomic E-state index is 12.9. The Balaban J connectivity index is 1.53. The minimum atomic E-state index is -0.320. The number of carbonyl (C=O) groups excluding carboxylic acids is 2. The molecule has 0 radical (unpaired) electrons. The van der Waals surface area contributed by atoms with Gasteiger partial charge in [-0.25, -0.2) is 0 Å². The van der Waals surface area contributed by atoms with Crippen molar-refractivity contribution in [2.24, 2.45) is 5.41 Å². The lowest BCUT2D eigenvalue weighted by molar-refractivity contribution is -0.143. The van der Waals surface area contributed by atoms with Crippen LogP contribution in [0, 0.1) is 5.41 Å². The van der Waals surface area contributed by atoms with Gasteiger partial charge in [0.2, 0.25) is 5.91 Å². The molecule has 4 rings (SSSR count). The van der Waals surface area contributed by atoms with E-state index in [-0.39, 0.29) is 17.2 Å². The van der Waals surface area contributed by atoms with Gasteiger partial charge >= 0.3 is 0 Å². The van der Waals surface area contributed by atoms with Gasteiger partial charge in [-0.05, 0) is 44.2 Å². The van der Waals surface area contributed by atoms with Crippen LogP contribution in [-0.2, 0) is 4.79 Å². The van der Waals surface area contributed by atoms with Gasteiger partial charge in [0.05, 0.1) is 5.41 Å². The Morgan fingerprint density at radius 1 is 1.27 bits per heavy atom. The molecular formula is C17H23N3O2. The highest BCUT2D eigenvalue weighted by atomic mass is 16.2. The van der Waals surface area contributed by atoms with E-state index in [9.17, 15) is 9.59 Å². The number of nitrogens with zero attached hydrogens (tertiary/aromatic N) is 3. The van der Waals surface area contributed by atoms with Crippen molar-refractivity contribution < 1.29 is 9.59 Å². The molecule has 1 aliphatic carbocycles. The van der Waals surface area contributed by atoms with Gasteiger partial charge < -0.3 is 14.4 Å². The molecule has 22 heavy (non-hydrogen) atoms. The molecule has 1 atom stereocenters. The van der Waals surface area contributed by atoms with Crippen LogP contribution in [0.15, 0.2) is 18.3 Å². The van der Waals surface area contributed by atoms with Gasteiger partial charge in [0.15, 0.2) is 0 Å². The normalized spacial score (nSPS) is 28.7. The summed E-state index contributed by atoms with van der Waals surface area (Å²) in [5.74, 6) is 0.321. The van der Waals surface area contributed by atoms with Crippen molar-refractivity contribution in [1.29, 1.82) is 0 Å². The van der Waals surface area contributed by atoms with Gasteiger partial charge in [0.25, 0.3) is 5.91 Å². The molecule has 3 fully saturated rings. The van der Waals surface area contributed by atoms with Crippen LogP contribution in [0.3, 0.4) is 0 Å². The van der Waals surface area contributed by atoms with Crippen molar-refractivity contribution in [1.82, 2.24) is 14.4 Å². The number of rotatable bonds is 2. The van der Waals surface area contributed by atoms with Gasteiger partial charge in [-0.1, -0.05) is 0 Å². The molecule has 5 heteroatoms. The second-order valence-corrected chi connectivity index (χ2v) is 7.12. The van der Waals surface area contributed by atoms with E-state index in [0.29, 0.717) is 19.1 Å². The van der Waals surface area contributed by atoms with Crippen molar-refractivity contribution in [3.8, 4) is 0 Å². The van der Waals surface area contributed by atoms with E-state index in [1.54, 1.807) is 0 Å². The van der Waals surface area contributed by atoms with Crippen LogP contribution in [0.5, 0.6) is 0 Å². The molecule has 118 valence electrons. The third-order valence-corrected chi connectivity index (χ3v) is 5.53. The highest BCUT2D eigenvalue weighted by Gasteiger charge is 2.49. The molecule has 1 aromatic rings. The van der Waals surface area contributed by atoms with Gasteiger partial charge in [-0.15, -0.1) is 0 Å². The molecule has 0 N–H and O–H groups in total. The molecule has 3 aliphatic rings. The van der Waals surface area contributed by atoms with Crippen molar-refractivity contribution in [3.05, 3.63) is 24.0 Å². The predicted molar refractivity (Wildman–Crippen MR) is 82.5 cm³/mol. The number of hydrogen-bond donors (Lipinski definition) is 0. The lowest BCUT2D eigenvalue weighted by Crippen LogP contribution is -2.48. The summed E-state index contributed by atoms with van der Waals surface area (Å²) in [5.41, 5.74) is 0.468. The van der Waals surface area contributed by atoms with Crippen molar-refractivity contribution in [2.75, 3.05) is 26.7 Å². The van der Waals surface area contributed by atoms with Crippen LogP contribution in [0.4, 0.5) is 0 Å². The SMILES string of the molecule is CN1CCCC2(CCN(C(=O)c3cccn3C3CC3)C2)C1=O.